The monoisotopic (exact) mass is 531 g/mol. The van der Waals surface area contributed by atoms with E-state index in [2.05, 4.69) is 5.32 Å². The van der Waals surface area contributed by atoms with Crippen LogP contribution in [0.15, 0.2) is 48.5 Å². The molecule has 4 atom stereocenters. The Hall–Kier alpha value is -2.21. The van der Waals surface area contributed by atoms with Gasteiger partial charge in [0.2, 0.25) is 0 Å². The fraction of sp³-hybridized carbons (Fsp3) is 0.480. The number of aliphatic hydroxyl groups is 2. The van der Waals surface area contributed by atoms with Crippen molar-refractivity contribution < 1.29 is 42.4 Å². The van der Waals surface area contributed by atoms with Gasteiger partial charge in [0.25, 0.3) is 5.91 Å². The Balaban J connectivity index is 1.79. The van der Waals surface area contributed by atoms with Crippen LogP contribution < -0.4 is 5.32 Å². The summed E-state index contributed by atoms with van der Waals surface area (Å²) in [7, 11) is 1.48. The summed E-state index contributed by atoms with van der Waals surface area (Å²) in [4.78, 5) is 13.2. The fourth-order valence-electron chi connectivity index (χ4n) is 4.08. The molecule has 0 heterocycles. The van der Waals surface area contributed by atoms with Crippen LogP contribution in [0, 0.1) is 0 Å². The second kappa shape index (κ2) is 12.4. The number of aliphatic hydroxyl groups excluding tert-OH is 2. The molecular weight excluding hydrogens is 503 g/mol. The number of carbonyl (C=O) groups excluding carboxylic acids is 1. The Morgan fingerprint density at radius 3 is 2.47 bits per heavy atom. The molecule has 1 aliphatic rings. The molecule has 3 rings (SSSR count). The van der Waals surface area contributed by atoms with Crippen molar-refractivity contribution in [1.29, 1.82) is 0 Å². The highest BCUT2D eigenvalue weighted by Crippen LogP contribution is 2.36. The summed E-state index contributed by atoms with van der Waals surface area (Å²) in [5, 5.41) is 24.4. The Morgan fingerprint density at radius 1 is 1.11 bits per heavy atom. The van der Waals surface area contributed by atoms with Gasteiger partial charge in [-0.05, 0) is 35.4 Å². The highest BCUT2D eigenvalue weighted by molar-refractivity contribution is 6.30. The van der Waals surface area contributed by atoms with E-state index in [0.717, 1.165) is 12.1 Å². The van der Waals surface area contributed by atoms with Crippen molar-refractivity contribution in [2.75, 3.05) is 20.3 Å². The molecule has 0 spiro atoms. The number of hydrogen-bond acceptors (Lipinski definition) is 6. The molecule has 3 N–H and O–H groups in total. The van der Waals surface area contributed by atoms with Crippen molar-refractivity contribution in [3.05, 3.63) is 70.2 Å². The van der Waals surface area contributed by atoms with Crippen LogP contribution in [0.4, 0.5) is 13.2 Å². The Bertz CT molecular complexity index is 1020. The highest BCUT2D eigenvalue weighted by Gasteiger charge is 2.51. The van der Waals surface area contributed by atoms with E-state index in [-0.39, 0.29) is 44.8 Å². The van der Waals surface area contributed by atoms with E-state index >= 15 is 0 Å². The first-order valence-electron chi connectivity index (χ1n) is 11.3. The largest absolute Gasteiger partial charge is 0.416 e. The number of nitrogens with one attached hydrogen (secondary N) is 1. The minimum Gasteiger partial charge on any atom is -0.390 e. The van der Waals surface area contributed by atoms with E-state index in [9.17, 15) is 28.2 Å². The van der Waals surface area contributed by atoms with Crippen molar-refractivity contribution in [3.8, 4) is 0 Å². The molecule has 11 heteroatoms. The number of carbonyl (C=O) groups is 1. The summed E-state index contributed by atoms with van der Waals surface area (Å²) in [6.07, 6.45) is -8.69. The molecule has 0 radical (unpaired) electrons. The summed E-state index contributed by atoms with van der Waals surface area (Å²) < 4.78 is 55.9. The number of halogens is 4. The third kappa shape index (κ3) is 7.41. The normalized spacial score (nSPS) is 24.5. The molecule has 1 aliphatic carbocycles. The number of ether oxygens (including phenoxy) is 3. The topological polar surface area (TPSA) is 97.3 Å². The molecule has 1 saturated carbocycles. The molecule has 2 aromatic carbocycles. The summed E-state index contributed by atoms with van der Waals surface area (Å²) >= 11 is 6.04. The van der Waals surface area contributed by atoms with Crippen molar-refractivity contribution >= 4 is 17.5 Å². The maximum absolute atomic E-state index is 13.2. The summed E-state index contributed by atoms with van der Waals surface area (Å²) in [5.41, 5.74) is -1.49. The lowest BCUT2D eigenvalue weighted by atomic mass is 9.78. The molecule has 0 bridgehead atoms. The van der Waals surface area contributed by atoms with E-state index in [0.29, 0.717) is 10.6 Å². The molecule has 0 aromatic heterocycles. The first-order valence-corrected chi connectivity index (χ1v) is 11.7. The number of amides is 1. The lowest BCUT2D eigenvalue weighted by Crippen LogP contribution is -2.60. The fourth-order valence-corrected chi connectivity index (χ4v) is 4.29. The van der Waals surface area contributed by atoms with Gasteiger partial charge < -0.3 is 29.7 Å². The van der Waals surface area contributed by atoms with Crippen LogP contribution in [-0.2, 0) is 38.4 Å². The molecular formula is C25H29ClF3NO6. The van der Waals surface area contributed by atoms with Gasteiger partial charge in [-0.3, -0.25) is 4.79 Å². The van der Waals surface area contributed by atoms with Crippen molar-refractivity contribution in [3.63, 3.8) is 0 Å². The molecule has 7 nitrogen and oxygen atoms in total. The minimum absolute atomic E-state index is 0.0125. The maximum atomic E-state index is 13.2. The minimum atomic E-state index is -4.51. The van der Waals surface area contributed by atoms with Crippen molar-refractivity contribution in [1.82, 2.24) is 5.32 Å². The van der Waals surface area contributed by atoms with E-state index in [4.69, 9.17) is 25.8 Å². The summed E-state index contributed by atoms with van der Waals surface area (Å²) in [6.45, 7) is 0.151. The number of rotatable bonds is 10. The summed E-state index contributed by atoms with van der Waals surface area (Å²) in [5.74, 6) is -0.528. The van der Waals surface area contributed by atoms with E-state index in [1.807, 2.05) is 0 Å². The van der Waals surface area contributed by atoms with Gasteiger partial charge >= 0.3 is 6.18 Å². The van der Waals surface area contributed by atoms with Crippen LogP contribution in [0.5, 0.6) is 0 Å². The third-order valence-corrected chi connectivity index (χ3v) is 6.21. The average Bonchev–Trinajstić information content (AvgIpc) is 2.83. The molecule has 0 aliphatic heterocycles. The number of benzene rings is 2. The van der Waals surface area contributed by atoms with Gasteiger partial charge in [0.05, 0.1) is 37.6 Å². The third-order valence-electron chi connectivity index (χ3n) is 5.97. The average molecular weight is 532 g/mol. The maximum Gasteiger partial charge on any atom is 0.416 e. The van der Waals surface area contributed by atoms with E-state index in [1.54, 1.807) is 24.3 Å². The van der Waals surface area contributed by atoms with Gasteiger partial charge in [-0.15, -0.1) is 0 Å². The number of methoxy groups -OCH3 is 1. The Labute approximate surface area is 212 Å². The quantitative estimate of drug-likeness (QED) is 0.406. The van der Waals surface area contributed by atoms with Crippen LogP contribution in [0.25, 0.3) is 0 Å². The van der Waals surface area contributed by atoms with Gasteiger partial charge in [0.1, 0.15) is 6.10 Å². The lowest BCUT2D eigenvalue weighted by molar-refractivity contribution is -0.200. The second-order valence-corrected chi connectivity index (χ2v) is 9.11. The van der Waals surface area contributed by atoms with Gasteiger partial charge in [0.15, 0.2) is 5.60 Å². The molecule has 36 heavy (non-hydrogen) atoms. The Morgan fingerprint density at radius 2 is 1.81 bits per heavy atom. The van der Waals surface area contributed by atoms with Gasteiger partial charge in [-0.2, -0.15) is 13.2 Å². The molecule has 2 aromatic rings. The molecule has 198 valence electrons. The molecule has 1 amide bonds. The molecule has 1 unspecified atom stereocenters. The number of alkyl halides is 3. The zero-order valence-corrected chi connectivity index (χ0v) is 20.4. The zero-order valence-electron chi connectivity index (χ0n) is 19.6. The predicted molar refractivity (Wildman–Crippen MR) is 125 cm³/mol. The van der Waals surface area contributed by atoms with Crippen LogP contribution in [-0.4, -0.2) is 60.3 Å². The van der Waals surface area contributed by atoms with Gasteiger partial charge in [-0.1, -0.05) is 35.9 Å². The summed E-state index contributed by atoms with van der Waals surface area (Å²) in [6, 6.07) is 11.5. The number of hydrogen-bond donors (Lipinski definition) is 3. The SMILES string of the molecule is COCCNC(=O)[C@@]1(OCc2cccc(Cl)c2)CC(OCc2cccc(C(F)(F)F)c2)[C@H](O)[C@H](O)C1. The van der Waals surface area contributed by atoms with Crippen LogP contribution >= 0.6 is 11.6 Å². The predicted octanol–water partition coefficient (Wildman–Crippen LogP) is 3.48. The van der Waals surface area contributed by atoms with Crippen molar-refractivity contribution in [2.45, 2.75) is 56.1 Å². The van der Waals surface area contributed by atoms with Crippen LogP contribution in [0.3, 0.4) is 0 Å². The van der Waals surface area contributed by atoms with E-state index < -0.39 is 41.6 Å². The lowest BCUT2D eigenvalue weighted by Gasteiger charge is -2.44. The smallest absolute Gasteiger partial charge is 0.390 e. The van der Waals surface area contributed by atoms with Gasteiger partial charge in [0, 0.05) is 31.5 Å². The van der Waals surface area contributed by atoms with Crippen LogP contribution in [0.1, 0.15) is 29.5 Å². The van der Waals surface area contributed by atoms with Crippen molar-refractivity contribution in [2.24, 2.45) is 0 Å². The zero-order chi connectivity index (χ0) is 26.3. The first kappa shape index (κ1) is 28.4. The Kier molecular flexibility index (Phi) is 9.73. The standard InChI is InChI=1S/C25H29ClF3NO6/c1-34-9-8-30-23(33)24(36-15-17-5-3-7-19(26)11-17)12-20(31)22(32)21(13-24)35-14-16-4-2-6-18(10-16)25(27,28)29/h2-7,10-11,20-22,31-32H,8-9,12-15H2,1H3,(H,30,33)/t20-,21?,22-,24+/m1/s1. The van der Waals surface area contributed by atoms with E-state index in [1.165, 1.54) is 19.2 Å². The van der Waals surface area contributed by atoms with Gasteiger partial charge in [-0.25, -0.2) is 0 Å². The second-order valence-electron chi connectivity index (χ2n) is 8.68. The first-order chi connectivity index (χ1) is 17.0. The van der Waals surface area contributed by atoms with Crippen LogP contribution in [0.2, 0.25) is 5.02 Å². The molecule has 0 saturated heterocycles. The highest BCUT2D eigenvalue weighted by atomic mass is 35.5. The molecule has 1 fully saturated rings.